The van der Waals surface area contributed by atoms with Crippen LogP contribution in [0.25, 0.3) is 0 Å². The maximum atomic E-state index is 8.52. The molecule has 161 valence electrons. The summed E-state index contributed by atoms with van der Waals surface area (Å²) in [6, 6.07) is 0. The third-order valence-electron chi connectivity index (χ3n) is 0. The Kier molecular flexibility index (Phi) is 43.1. The summed E-state index contributed by atoms with van der Waals surface area (Å²) in [6.45, 7) is 0. The van der Waals surface area contributed by atoms with Crippen molar-refractivity contribution in [1.82, 2.24) is 0 Å². The first-order chi connectivity index (χ1) is 21.0. The van der Waals surface area contributed by atoms with Gasteiger partial charge in [-0.1, -0.05) is 0 Å². The first-order valence-corrected chi connectivity index (χ1v) is 4.00. The molecule has 0 aliphatic carbocycles. The van der Waals surface area contributed by atoms with Gasteiger partial charge in [-0.3, -0.25) is 16.8 Å². The quantitative estimate of drug-likeness (QED) is 0.108. The van der Waals surface area contributed by atoms with E-state index in [1.807, 2.05) is 32.9 Å². The largest absolute Gasteiger partial charge is 3.00 e. The SMILES string of the molecule is O=S(=O)([O-])[O-].O=S(=O)([O-])[O-].[2H]O[2H].[2H]O[2H].[2H]O[2H].[2H]O[2H].[2H]O[2H].[2H]O[2H].[2H][OH+][2H].[2H][OH+][2H].[2H][OH+][2H].[2H][OH+][2H].[2H][OH+][2H].[2H][OH+][2H].[Cs+].[Ti+3]. The average molecular weight is 619 g/mol. The number of hydrogen-bond acceptors (Lipinski definition) is 8. The van der Waals surface area contributed by atoms with Gasteiger partial charge in [-0.2, -0.15) is 0 Å². The fourth-order valence-corrected chi connectivity index (χ4v) is 0. The Morgan fingerprint density at radius 1 is 0.625 bits per heavy atom. The molecule has 0 spiro atoms. The summed E-state index contributed by atoms with van der Waals surface area (Å²) in [7, 11) is -10.3. The Hall–Kier alpha value is 2.03. The van der Waals surface area contributed by atoms with E-state index in [9.17, 15) is 0 Å². The van der Waals surface area contributed by atoms with E-state index in [0.717, 1.165) is 0 Å². The fraction of sp³-hybridized carbons (Fsp3) is 0. The van der Waals surface area contributed by atoms with Crippen LogP contribution in [0.4, 0.5) is 0 Å². The van der Waals surface area contributed by atoms with Crippen LogP contribution in [0.1, 0.15) is 0 Å². The van der Waals surface area contributed by atoms with Crippen molar-refractivity contribution in [3.63, 3.8) is 0 Å². The summed E-state index contributed by atoms with van der Waals surface area (Å²) in [5.41, 5.74) is 28.5. The number of rotatable bonds is 0. The van der Waals surface area contributed by atoms with Crippen molar-refractivity contribution in [1.29, 1.82) is 34.3 Å². The zero-order valence-corrected chi connectivity index (χ0v) is 20.2. The molecule has 0 saturated heterocycles. The average Bonchev–Trinajstić information content (AvgIpc) is 2.83. The molecule has 0 aliphatic heterocycles. The minimum atomic E-state index is -5.17. The van der Waals surface area contributed by atoms with Crippen LogP contribution in [0.3, 0.4) is 0 Å². The molecule has 0 aliphatic rings. The molecule has 0 bridgehead atoms. The van der Waals surface area contributed by atoms with E-state index in [1.54, 1.807) is 0 Å². The van der Waals surface area contributed by atoms with Gasteiger partial charge in [0.15, 0.2) is 0 Å². The molecule has 0 aromatic carbocycles. The number of hydrogen-bond donors (Lipinski definition) is 0. The van der Waals surface area contributed by atoms with Crippen molar-refractivity contribution in [3.05, 3.63) is 0 Å². The zero-order chi connectivity index (χ0) is 41.5. The van der Waals surface area contributed by atoms with E-state index >= 15 is 0 Å². The van der Waals surface area contributed by atoms with Crippen molar-refractivity contribution in [2.75, 3.05) is 0 Å². The predicted octanol–water partition coefficient (Wildman–Crippen LogP) is -16.2. The molecule has 0 amide bonds. The van der Waals surface area contributed by atoms with Crippen LogP contribution < -0.4 is 68.9 Å². The van der Waals surface area contributed by atoms with Crippen LogP contribution in [0.5, 0.6) is 0 Å². The minimum absolute atomic E-state index is 0. The molecule has 24 heavy (non-hydrogen) atoms. The van der Waals surface area contributed by atoms with Crippen LogP contribution in [0.2, 0.25) is 0 Å². The topological polar surface area (TPSA) is 548 Å². The smallest absolute Gasteiger partial charge is 0.759 e. The van der Waals surface area contributed by atoms with E-state index in [4.69, 9.17) is 69.4 Å². The van der Waals surface area contributed by atoms with Gasteiger partial charge in [0.05, 0.1) is 0 Å². The normalized spacial score (nSPS) is 14.8. The Morgan fingerprint density at radius 2 is 0.625 bits per heavy atom. The van der Waals surface area contributed by atoms with Crippen LogP contribution in [0.15, 0.2) is 0 Å². The van der Waals surface area contributed by atoms with Gasteiger partial charge in [-0.15, -0.1) is 0 Å². The molecule has 0 atom stereocenters. The molecule has 0 unspecified atom stereocenters. The minimum Gasteiger partial charge on any atom is -0.759 e. The second-order valence-corrected chi connectivity index (χ2v) is 2.45. The van der Waals surface area contributed by atoms with Crippen molar-refractivity contribution < 1.29 is 191 Å². The van der Waals surface area contributed by atoms with Gasteiger partial charge in [-0.25, -0.2) is 0 Å². The molecular formula is H30CsO20S2Ti+6. The summed E-state index contributed by atoms with van der Waals surface area (Å²) >= 11 is 0. The Balaban J connectivity index is -0.0000000164. The van der Waals surface area contributed by atoms with Gasteiger partial charge in [0.2, 0.25) is 17.2 Å². The van der Waals surface area contributed by atoms with Crippen molar-refractivity contribution in [2.45, 2.75) is 0 Å². The van der Waals surface area contributed by atoms with Crippen molar-refractivity contribution in [3.8, 4) is 0 Å². The van der Waals surface area contributed by atoms with Gasteiger partial charge < -0.3 is 84.0 Å². The van der Waals surface area contributed by atoms with Gasteiger partial charge in [0.25, 0.3) is 0 Å². The molecule has 0 rings (SSSR count). The maximum absolute atomic E-state index is 8.52. The Bertz CT molecular complexity index is 382. The van der Waals surface area contributed by atoms with Gasteiger partial charge in [0.1, 0.15) is 0 Å². The van der Waals surface area contributed by atoms with Crippen LogP contribution in [-0.4, -0.2) is 102 Å². The summed E-state index contributed by atoms with van der Waals surface area (Å²) in [5.74, 6) is 0. The molecule has 0 aromatic rings. The van der Waals surface area contributed by atoms with E-state index in [0.29, 0.717) is 0 Å². The Morgan fingerprint density at radius 3 is 0.625 bits per heavy atom. The molecule has 1 radical (unpaired) electrons. The summed E-state index contributed by atoms with van der Waals surface area (Å²) in [5, 5.41) is 0. The molecule has 30 N–H and O–H groups in total. The second-order valence-electron chi connectivity index (χ2n) is 0.816. The Labute approximate surface area is 245 Å². The molecular weight excluding hydrogens is 565 g/mol. The monoisotopic (exact) mass is 619 g/mol. The van der Waals surface area contributed by atoms with Crippen LogP contribution in [0, 0.1) is 0 Å². The molecule has 0 aromatic heterocycles. The summed E-state index contributed by atoms with van der Waals surface area (Å²) < 4.78 is 199. The maximum Gasteiger partial charge on any atom is 3.00 e. The molecule has 0 heterocycles. The first kappa shape index (κ1) is 14.1. The molecule has 24 heteroatoms. The van der Waals surface area contributed by atoms with E-state index in [1.165, 1.54) is 0 Å². The van der Waals surface area contributed by atoms with Crippen LogP contribution in [-0.2, 0) is 75.4 Å². The van der Waals surface area contributed by atoms with Crippen LogP contribution >= 0.6 is 0 Å². The fourth-order valence-electron chi connectivity index (χ4n) is 0. The van der Waals surface area contributed by atoms with E-state index in [2.05, 4.69) is 32.9 Å². The van der Waals surface area contributed by atoms with Gasteiger partial charge >= 0.3 is 108 Å². The van der Waals surface area contributed by atoms with Crippen molar-refractivity contribution in [2.24, 2.45) is 0 Å². The molecule has 0 saturated carbocycles. The molecule has 0 fully saturated rings. The van der Waals surface area contributed by atoms with Crippen molar-refractivity contribution >= 4 is 20.8 Å². The third-order valence-corrected chi connectivity index (χ3v) is 0. The predicted molar refractivity (Wildman–Crippen MR) is 71.9 cm³/mol. The summed E-state index contributed by atoms with van der Waals surface area (Å²) in [6.07, 6.45) is 0. The zero-order valence-electron chi connectivity index (χ0n) is 34.7. The first-order valence-electron chi connectivity index (χ1n) is 11.6. The van der Waals surface area contributed by atoms with E-state index < -0.39 is 20.8 Å². The molecule has 20 nitrogen and oxygen atoms in total. The van der Waals surface area contributed by atoms with Gasteiger partial charge in [0, 0.05) is 20.8 Å². The third kappa shape index (κ3) is 3100. The summed E-state index contributed by atoms with van der Waals surface area (Å²) in [4.78, 5) is 0. The standard InChI is InChI=1S/Cs.2H2O4S.12H2O.Ti/c;2*1-5(2,3)4;;;;;;;;;;;;;/h;2*(H2,1,2,3,4);12*1H2;/q+1;;;;;;;;;;;;;;;+3/p+2/i/hD24. The second kappa shape index (κ2) is 73.4. The van der Waals surface area contributed by atoms with E-state index in [-0.39, 0.29) is 90.6 Å². The van der Waals surface area contributed by atoms with Gasteiger partial charge in [-0.05, 0) is 0 Å².